The molecule has 1 N–H and O–H groups in total. The number of hydrogen-bond acceptors (Lipinski definition) is 2. The van der Waals surface area contributed by atoms with Gasteiger partial charge in [-0.05, 0) is 36.5 Å². The van der Waals surface area contributed by atoms with Crippen LogP contribution in [0.5, 0.6) is 0 Å². The largest absolute Gasteiger partial charge is 0.384 e. The molecule has 0 saturated carbocycles. The first-order valence-electron chi connectivity index (χ1n) is 6.95. The van der Waals surface area contributed by atoms with Gasteiger partial charge in [-0.25, -0.2) is 4.79 Å². The van der Waals surface area contributed by atoms with Gasteiger partial charge in [-0.15, -0.1) is 0 Å². The molecule has 1 aromatic carbocycles. The highest BCUT2D eigenvalue weighted by molar-refractivity contribution is 6.30. The van der Waals surface area contributed by atoms with Crippen LogP contribution in [0.3, 0.4) is 0 Å². The second-order valence-corrected chi connectivity index (χ2v) is 5.61. The van der Waals surface area contributed by atoms with Gasteiger partial charge in [0.25, 0.3) is 0 Å². The Balaban J connectivity index is 1.74. The fourth-order valence-electron chi connectivity index (χ4n) is 2.43. The maximum Gasteiger partial charge on any atom is 0.317 e. The van der Waals surface area contributed by atoms with E-state index in [4.69, 9.17) is 16.3 Å². The lowest BCUT2D eigenvalue weighted by atomic mass is 9.98. The second kappa shape index (κ2) is 7.50. The molecule has 20 heavy (non-hydrogen) atoms. The Hall–Kier alpha value is -1.26. The van der Waals surface area contributed by atoms with Crippen LogP contribution in [0.25, 0.3) is 0 Å². The predicted molar refractivity (Wildman–Crippen MR) is 79.9 cm³/mol. The van der Waals surface area contributed by atoms with E-state index in [1.165, 1.54) is 0 Å². The molecule has 1 heterocycles. The van der Waals surface area contributed by atoms with Crippen LogP contribution in [0.4, 0.5) is 4.79 Å². The number of piperidine rings is 1. The lowest BCUT2D eigenvalue weighted by molar-refractivity contribution is 0.107. The quantitative estimate of drug-likeness (QED) is 0.928. The van der Waals surface area contributed by atoms with Crippen molar-refractivity contribution in [2.24, 2.45) is 5.92 Å². The SMILES string of the molecule is COCC1CCN(C(=O)NCc2ccc(Cl)cc2)CC1. The number of methoxy groups -OCH3 is 1. The zero-order valence-corrected chi connectivity index (χ0v) is 12.5. The third kappa shape index (κ3) is 4.39. The minimum Gasteiger partial charge on any atom is -0.384 e. The van der Waals surface area contributed by atoms with Gasteiger partial charge in [0.15, 0.2) is 0 Å². The van der Waals surface area contributed by atoms with E-state index in [0.717, 1.165) is 38.1 Å². The Morgan fingerprint density at radius 1 is 1.35 bits per heavy atom. The van der Waals surface area contributed by atoms with Gasteiger partial charge in [0.05, 0.1) is 0 Å². The third-order valence-electron chi connectivity index (χ3n) is 3.66. The maximum atomic E-state index is 12.1. The monoisotopic (exact) mass is 296 g/mol. The number of nitrogens with zero attached hydrogens (tertiary/aromatic N) is 1. The van der Waals surface area contributed by atoms with Crippen LogP contribution in [0, 0.1) is 5.92 Å². The van der Waals surface area contributed by atoms with Crippen molar-refractivity contribution in [3.63, 3.8) is 0 Å². The predicted octanol–water partition coefficient (Wildman–Crippen LogP) is 2.91. The van der Waals surface area contributed by atoms with Gasteiger partial charge < -0.3 is 15.0 Å². The Bertz CT molecular complexity index is 428. The minimum atomic E-state index is 0.0100. The molecular formula is C15H21ClN2O2. The second-order valence-electron chi connectivity index (χ2n) is 5.17. The summed E-state index contributed by atoms with van der Waals surface area (Å²) in [6.45, 7) is 2.94. The fraction of sp³-hybridized carbons (Fsp3) is 0.533. The van der Waals surface area contributed by atoms with E-state index >= 15 is 0 Å². The van der Waals surface area contributed by atoms with Crippen LogP contribution in [0.1, 0.15) is 18.4 Å². The van der Waals surface area contributed by atoms with E-state index in [9.17, 15) is 4.79 Å². The number of rotatable bonds is 4. The molecule has 1 fully saturated rings. The van der Waals surface area contributed by atoms with Gasteiger partial charge >= 0.3 is 6.03 Å². The highest BCUT2D eigenvalue weighted by atomic mass is 35.5. The molecule has 0 atom stereocenters. The van der Waals surface area contributed by atoms with Gasteiger partial charge in [-0.2, -0.15) is 0 Å². The van der Waals surface area contributed by atoms with Gasteiger partial charge in [0.1, 0.15) is 0 Å². The summed E-state index contributed by atoms with van der Waals surface area (Å²) in [5, 5.41) is 3.66. The molecule has 2 rings (SSSR count). The molecule has 1 saturated heterocycles. The van der Waals surface area contributed by atoms with E-state index < -0.39 is 0 Å². The summed E-state index contributed by atoms with van der Waals surface area (Å²) < 4.78 is 5.16. The first kappa shape index (κ1) is 15.1. The molecule has 0 radical (unpaired) electrons. The Kier molecular flexibility index (Phi) is 5.68. The summed E-state index contributed by atoms with van der Waals surface area (Å²) in [5.41, 5.74) is 1.05. The molecule has 0 unspecified atom stereocenters. The van der Waals surface area contributed by atoms with Crippen LogP contribution in [0.15, 0.2) is 24.3 Å². The molecule has 1 aromatic rings. The van der Waals surface area contributed by atoms with Crippen molar-refractivity contribution in [1.29, 1.82) is 0 Å². The average molecular weight is 297 g/mol. The van der Waals surface area contributed by atoms with Crippen LogP contribution in [-0.4, -0.2) is 37.7 Å². The zero-order chi connectivity index (χ0) is 14.4. The highest BCUT2D eigenvalue weighted by Crippen LogP contribution is 2.17. The Morgan fingerprint density at radius 2 is 2.00 bits per heavy atom. The van der Waals surface area contributed by atoms with Gasteiger partial charge in [0, 0.05) is 38.4 Å². The Morgan fingerprint density at radius 3 is 2.60 bits per heavy atom. The molecule has 0 aliphatic carbocycles. The van der Waals surface area contributed by atoms with Crippen molar-refractivity contribution >= 4 is 17.6 Å². The average Bonchev–Trinajstić information content (AvgIpc) is 2.47. The van der Waals surface area contributed by atoms with Crippen LogP contribution < -0.4 is 5.32 Å². The summed E-state index contributed by atoms with van der Waals surface area (Å²) in [6, 6.07) is 7.52. The molecule has 0 spiro atoms. The molecule has 1 aliphatic heterocycles. The Labute approximate surface area is 125 Å². The van der Waals surface area contributed by atoms with Gasteiger partial charge in [-0.3, -0.25) is 0 Å². The number of nitrogens with one attached hydrogen (secondary N) is 1. The van der Waals surface area contributed by atoms with Crippen molar-refractivity contribution in [3.05, 3.63) is 34.9 Å². The van der Waals surface area contributed by atoms with Crippen LogP contribution >= 0.6 is 11.6 Å². The lowest BCUT2D eigenvalue weighted by Gasteiger charge is -2.31. The number of benzene rings is 1. The van der Waals surface area contributed by atoms with E-state index in [-0.39, 0.29) is 6.03 Å². The lowest BCUT2D eigenvalue weighted by Crippen LogP contribution is -2.44. The van der Waals surface area contributed by atoms with E-state index in [0.29, 0.717) is 17.5 Å². The molecule has 0 bridgehead atoms. The summed E-state index contributed by atoms with van der Waals surface area (Å²) in [4.78, 5) is 13.9. The minimum absolute atomic E-state index is 0.0100. The fourth-order valence-corrected chi connectivity index (χ4v) is 2.56. The summed E-state index contributed by atoms with van der Waals surface area (Å²) in [5.74, 6) is 0.584. The molecule has 5 heteroatoms. The van der Waals surface area contributed by atoms with Gasteiger partial charge in [0.2, 0.25) is 0 Å². The highest BCUT2D eigenvalue weighted by Gasteiger charge is 2.22. The van der Waals surface area contributed by atoms with Crippen molar-refractivity contribution in [1.82, 2.24) is 10.2 Å². The number of halogens is 1. The van der Waals surface area contributed by atoms with E-state index in [1.807, 2.05) is 29.2 Å². The first-order valence-corrected chi connectivity index (χ1v) is 7.33. The smallest absolute Gasteiger partial charge is 0.317 e. The number of hydrogen-bond donors (Lipinski definition) is 1. The van der Waals surface area contributed by atoms with E-state index in [1.54, 1.807) is 7.11 Å². The topological polar surface area (TPSA) is 41.6 Å². The van der Waals surface area contributed by atoms with Gasteiger partial charge in [-0.1, -0.05) is 23.7 Å². The standard InChI is InChI=1S/C15H21ClN2O2/c1-20-11-13-6-8-18(9-7-13)15(19)17-10-12-2-4-14(16)5-3-12/h2-5,13H,6-11H2,1H3,(H,17,19). The van der Waals surface area contributed by atoms with Crippen molar-refractivity contribution in [2.45, 2.75) is 19.4 Å². The number of likely N-dealkylation sites (tertiary alicyclic amines) is 1. The van der Waals surface area contributed by atoms with E-state index in [2.05, 4.69) is 5.32 Å². The molecule has 2 amide bonds. The summed E-state index contributed by atoms with van der Waals surface area (Å²) in [6.07, 6.45) is 2.03. The van der Waals surface area contributed by atoms with Crippen molar-refractivity contribution in [3.8, 4) is 0 Å². The first-order chi connectivity index (χ1) is 9.69. The number of carbonyl (C=O) groups excluding carboxylic acids is 1. The molecule has 1 aliphatic rings. The van der Waals surface area contributed by atoms with Crippen LogP contribution in [-0.2, 0) is 11.3 Å². The summed E-state index contributed by atoms with van der Waals surface area (Å²) in [7, 11) is 1.73. The maximum absolute atomic E-state index is 12.1. The molecule has 110 valence electrons. The number of urea groups is 1. The molecule has 0 aromatic heterocycles. The number of amides is 2. The normalized spacial score (nSPS) is 16.2. The van der Waals surface area contributed by atoms with Crippen LogP contribution in [0.2, 0.25) is 5.02 Å². The zero-order valence-electron chi connectivity index (χ0n) is 11.8. The molecular weight excluding hydrogens is 276 g/mol. The van der Waals surface area contributed by atoms with Crippen molar-refractivity contribution in [2.75, 3.05) is 26.8 Å². The van der Waals surface area contributed by atoms with Crippen molar-refractivity contribution < 1.29 is 9.53 Å². The third-order valence-corrected chi connectivity index (χ3v) is 3.91. The molecule has 4 nitrogen and oxygen atoms in total. The summed E-state index contributed by atoms with van der Waals surface area (Å²) >= 11 is 5.83. The number of ether oxygens (including phenoxy) is 1. The number of carbonyl (C=O) groups is 1.